The highest BCUT2D eigenvalue weighted by atomic mass is 16.5. The minimum Gasteiger partial charge on any atom is -0.473 e. The summed E-state index contributed by atoms with van der Waals surface area (Å²) in [6, 6.07) is 1.92. The second kappa shape index (κ2) is 5.49. The highest BCUT2D eigenvalue weighted by molar-refractivity contribution is 5.41. The number of morpholine rings is 1. The lowest BCUT2D eigenvalue weighted by Crippen LogP contribution is -2.36. The van der Waals surface area contributed by atoms with Crippen molar-refractivity contribution < 1.29 is 9.47 Å². The molecule has 2 saturated heterocycles. The fourth-order valence-corrected chi connectivity index (χ4v) is 2.26. The first-order chi connectivity index (χ1) is 8.92. The van der Waals surface area contributed by atoms with Crippen LogP contribution in [0.3, 0.4) is 0 Å². The summed E-state index contributed by atoms with van der Waals surface area (Å²) >= 11 is 0. The van der Waals surface area contributed by atoms with E-state index in [2.05, 4.69) is 20.2 Å². The third kappa shape index (κ3) is 2.70. The Morgan fingerprint density at radius 1 is 1.33 bits per heavy atom. The standard InChI is InChI=1S/C12H18N4O2/c1-2-13-8-10(1)18-12-7-11(14-9-15-12)16-3-5-17-6-4-16/h7,9-10,13H,1-6,8H2/t10-/m1/s1. The normalized spacial score (nSPS) is 24.2. The Hall–Kier alpha value is -1.40. The lowest BCUT2D eigenvalue weighted by atomic mass is 10.3. The summed E-state index contributed by atoms with van der Waals surface area (Å²) in [7, 11) is 0. The molecule has 0 saturated carbocycles. The summed E-state index contributed by atoms with van der Waals surface area (Å²) in [5.41, 5.74) is 0. The Kier molecular flexibility index (Phi) is 3.56. The molecule has 0 spiro atoms. The Balaban J connectivity index is 1.67. The maximum atomic E-state index is 5.84. The van der Waals surface area contributed by atoms with Gasteiger partial charge in [0.2, 0.25) is 5.88 Å². The molecule has 18 heavy (non-hydrogen) atoms. The van der Waals surface area contributed by atoms with E-state index in [1.807, 2.05) is 6.07 Å². The van der Waals surface area contributed by atoms with Crippen LogP contribution in [0.25, 0.3) is 0 Å². The van der Waals surface area contributed by atoms with Gasteiger partial charge in [0.15, 0.2) is 0 Å². The third-order valence-corrected chi connectivity index (χ3v) is 3.27. The molecular formula is C12H18N4O2. The number of hydrogen-bond donors (Lipinski definition) is 1. The molecule has 0 aromatic carbocycles. The van der Waals surface area contributed by atoms with Gasteiger partial charge in [0.05, 0.1) is 13.2 Å². The number of aromatic nitrogens is 2. The fraction of sp³-hybridized carbons (Fsp3) is 0.667. The Morgan fingerprint density at radius 2 is 2.22 bits per heavy atom. The zero-order valence-electron chi connectivity index (χ0n) is 10.3. The maximum absolute atomic E-state index is 5.84. The van der Waals surface area contributed by atoms with E-state index in [9.17, 15) is 0 Å². The Bertz CT molecular complexity index is 389. The molecule has 98 valence electrons. The maximum Gasteiger partial charge on any atom is 0.218 e. The molecule has 0 bridgehead atoms. The number of hydrogen-bond acceptors (Lipinski definition) is 6. The van der Waals surface area contributed by atoms with Gasteiger partial charge in [-0.2, -0.15) is 0 Å². The largest absolute Gasteiger partial charge is 0.473 e. The molecule has 1 aromatic rings. The average molecular weight is 250 g/mol. The van der Waals surface area contributed by atoms with Crippen LogP contribution in [0.2, 0.25) is 0 Å². The monoisotopic (exact) mass is 250 g/mol. The first-order valence-corrected chi connectivity index (χ1v) is 6.44. The second-order valence-corrected chi connectivity index (χ2v) is 4.55. The fourth-order valence-electron chi connectivity index (χ4n) is 2.26. The number of ether oxygens (including phenoxy) is 2. The van der Waals surface area contributed by atoms with E-state index in [0.717, 1.165) is 51.6 Å². The summed E-state index contributed by atoms with van der Waals surface area (Å²) in [5, 5.41) is 3.28. The van der Waals surface area contributed by atoms with Gasteiger partial charge in [0.1, 0.15) is 18.2 Å². The molecule has 3 heterocycles. The molecule has 3 rings (SSSR count). The predicted octanol–water partition coefficient (Wildman–Crippen LogP) is 0.0539. The average Bonchev–Trinajstić information content (AvgIpc) is 2.93. The molecule has 2 aliphatic heterocycles. The van der Waals surface area contributed by atoms with Crippen LogP contribution in [0.15, 0.2) is 12.4 Å². The Morgan fingerprint density at radius 3 is 3.00 bits per heavy atom. The van der Waals surface area contributed by atoms with Crippen molar-refractivity contribution in [1.82, 2.24) is 15.3 Å². The first-order valence-electron chi connectivity index (χ1n) is 6.44. The summed E-state index contributed by atoms with van der Waals surface area (Å²) in [6.45, 7) is 5.19. The van der Waals surface area contributed by atoms with Gasteiger partial charge in [-0.05, 0) is 13.0 Å². The van der Waals surface area contributed by atoms with Crippen molar-refractivity contribution in [1.29, 1.82) is 0 Å². The number of nitrogens with one attached hydrogen (secondary N) is 1. The van der Waals surface area contributed by atoms with E-state index in [0.29, 0.717) is 5.88 Å². The summed E-state index contributed by atoms with van der Waals surface area (Å²) in [6.07, 6.45) is 2.84. The number of rotatable bonds is 3. The van der Waals surface area contributed by atoms with Crippen molar-refractivity contribution in [2.24, 2.45) is 0 Å². The predicted molar refractivity (Wildman–Crippen MR) is 67.0 cm³/mol. The SMILES string of the molecule is c1nc(O[C@@H]2CCNC2)cc(N2CCOCC2)n1. The second-order valence-electron chi connectivity index (χ2n) is 4.55. The van der Waals surface area contributed by atoms with E-state index in [1.165, 1.54) is 0 Å². The lowest BCUT2D eigenvalue weighted by Gasteiger charge is -2.27. The van der Waals surface area contributed by atoms with Crippen molar-refractivity contribution in [2.75, 3.05) is 44.3 Å². The highest BCUT2D eigenvalue weighted by Crippen LogP contribution is 2.18. The van der Waals surface area contributed by atoms with Crippen molar-refractivity contribution >= 4 is 5.82 Å². The van der Waals surface area contributed by atoms with E-state index in [4.69, 9.17) is 9.47 Å². The van der Waals surface area contributed by atoms with Crippen LogP contribution in [-0.4, -0.2) is 55.5 Å². The minimum absolute atomic E-state index is 0.234. The molecule has 0 unspecified atom stereocenters. The van der Waals surface area contributed by atoms with Crippen molar-refractivity contribution in [3.63, 3.8) is 0 Å². The molecule has 0 radical (unpaired) electrons. The van der Waals surface area contributed by atoms with Crippen LogP contribution < -0.4 is 15.0 Å². The Labute approximate surface area is 106 Å². The molecule has 1 atom stereocenters. The van der Waals surface area contributed by atoms with Gasteiger partial charge in [-0.25, -0.2) is 9.97 Å². The van der Waals surface area contributed by atoms with Gasteiger partial charge in [0, 0.05) is 25.7 Å². The quantitative estimate of drug-likeness (QED) is 0.818. The topological polar surface area (TPSA) is 59.5 Å². The van der Waals surface area contributed by atoms with E-state index >= 15 is 0 Å². The van der Waals surface area contributed by atoms with Gasteiger partial charge < -0.3 is 19.7 Å². The first kappa shape index (κ1) is 11.7. The summed E-state index contributed by atoms with van der Waals surface area (Å²) in [5.74, 6) is 1.59. The van der Waals surface area contributed by atoms with Crippen molar-refractivity contribution in [3.8, 4) is 5.88 Å². The van der Waals surface area contributed by atoms with Gasteiger partial charge in [-0.3, -0.25) is 0 Å². The molecule has 6 nitrogen and oxygen atoms in total. The van der Waals surface area contributed by atoms with Crippen LogP contribution in [-0.2, 0) is 4.74 Å². The zero-order valence-corrected chi connectivity index (χ0v) is 10.3. The molecule has 1 N–H and O–H groups in total. The molecule has 0 aliphatic carbocycles. The van der Waals surface area contributed by atoms with Crippen LogP contribution in [0.4, 0.5) is 5.82 Å². The van der Waals surface area contributed by atoms with Crippen LogP contribution in [0.5, 0.6) is 5.88 Å². The van der Waals surface area contributed by atoms with Crippen LogP contribution in [0.1, 0.15) is 6.42 Å². The van der Waals surface area contributed by atoms with E-state index < -0.39 is 0 Å². The van der Waals surface area contributed by atoms with Gasteiger partial charge >= 0.3 is 0 Å². The number of nitrogens with zero attached hydrogens (tertiary/aromatic N) is 3. The van der Waals surface area contributed by atoms with Crippen LogP contribution in [0, 0.1) is 0 Å². The molecule has 1 aromatic heterocycles. The molecular weight excluding hydrogens is 232 g/mol. The van der Waals surface area contributed by atoms with Gasteiger partial charge in [0.25, 0.3) is 0 Å². The molecule has 2 fully saturated rings. The zero-order chi connectivity index (χ0) is 12.2. The summed E-state index contributed by atoms with van der Waals surface area (Å²) in [4.78, 5) is 10.7. The minimum atomic E-state index is 0.234. The lowest BCUT2D eigenvalue weighted by molar-refractivity contribution is 0.122. The third-order valence-electron chi connectivity index (χ3n) is 3.27. The number of anilines is 1. The van der Waals surface area contributed by atoms with Crippen molar-refractivity contribution in [2.45, 2.75) is 12.5 Å². The van der Waals surface area contributed by atoms with E-state index in [1.54, 1.807) is 6.33 Å². The molecule has 6 heteroatoms. The molecule has 0 amide bonds. The van der Waals surface area contributed by atoms with E-state index in [-0.39, 0.29) is 6.10 Å². The van der Waals surface area contributed by atoms with Gasteiger partial charge in [-0.1, -0.05) is 0 Å². The van der Waals surface area contributed by atoms with Crippen molar-refractivity contribution in [3.05, 3.63) is 12.4 Å². The summed E-state index contributed by atoms with van der Waals surface area (Å²) < 4.78 is 11.2. The molecule has 2 aliphatic rings. The highest BCUT2D eigenvalue weighted by Gasteiger charge is 2.18. The van der Waals surface area contributed by atoms with Crippen LogP contribution >= 0.6 is 0 Å². The smallest absolute Gasteiger partial charge is 0.218 e. The van der Waals surface area contributed by atoms with Gasteiger partial charge in [-0.15, -0.1) is 0 Å².